The van der Waals surface area contributed by atoms with Crippen LogP contribution in [0.5, 0.6) is 0 Å². The topological polar surface area (TPSA) is 88.9 Å². The highest BCUT2D eigenvalue weighted by molar-refractivity contribution is 6.03. The van der Waals surface area contributed by atoms with Gasteiger partial charge in [0.15, 0.2) is 12.4 Å². The number of anilines is 1. The van der Waals surface area contributed by atoms with Gasteiger partial charge in [-0.25, -0.2) is 4.79 Å². The number of furan rings is 1. The van der Waals surface area contributed by atoms with Crippen LogP contribution < -0.4 is 5.32 Å². The van der Waals surface area contributed by atoms with Crippen LogP contribution in [0.4, 0.5) is 5.69 Å². The molecular weight excluding hydrogens is 372 g/mol. The Labute approximate surface area is 170 Å². The SMILES string of the molecule is Cc1ccc(C(=O)OCC(=O)N2C[C@H](C)C[C@H](C)C2)cc1NC(=O)c1ccco1. The van der Waals surface area contributed by atoms with E-state index in [2.05, 4.69) is 19.2 Å². The van der Waals surface area contributed by atoms with Gasteiger partial charge in [0.25, 0.3) is 11.8 Å². The van der Waals surface area contributed by atoms with Gasteiger partial charge in [0.05, 0.1) is 11.8 Å². The fourth-order valence-corrected chi connectivity index (χ4v) is 3.64. The van der Waals surface area contributed by atoms with Gasteiger partial charge in [-0.2, -0.15) is 0 Å². The standard InChI is InChI=1S/C22H26N2O5/c1-14-9-15(2)12-24(11-14)20(25)13-29-22(27)17-7-6-16(3)18(10-17)23-21(26)19-5-4-8-28-19/h4-8,10,14-15H,9,11-13H2,1-3H3,(H,23,26)/t14-,15+. The van der Waals surface area contributed by atoms with Gasteiger partial charge in [-0.3, -0.25) is 9.59 Å². The molecule has 1 aliphatic rings. The highest BCUT2D eigenvalue weighted by Crippen LogP contribution is 2.21. The Hall–Kier alpha value is -3.09. The average Bonchev–Trinajstić information content (AvgIpc) is 3.21. The molecule has 3 rings (SSSR count). The number of nitrogens with zero attached hydrogens (tertiary/aromatic N) is 1. The van der Waals surface area contributed by atoms with Crippen LogP contribution in [-0.2, 0) is 9.53 Å². The van der Waals surface area contributed by atoms with Crippen molar-refractivity contribution in [1.29, 1.82) is 0 Å². The molecule has 29 heavy (non-hydrogen) atoms. The first-order chi connectivity index (χ1) is 13.8. The molecule has 0 spiro atoms. The number of amides is 2. The molecule has 0 radical (unpaired) electrons. The zero-order chi connectivity index (χ0) is 21.0. The Morgan fingerprint density at radius 2 is 1.90 bits per heavy atom. The summed E-state index contributed by atoms with van der Waals surface area (Å²) in [5.74, 6) is -0.146. The van der Waals surface area contributed by atoms with E-state index in [0.29, 0.717) is 30.6 Å². The number of carbonyl (C=O) groups is 3. The largest absolute Gasteiger partial charge is 0.459 e. The predicted molar refractivity (Wildman–Crippen MR) is 108 cm³/mol. The molecule has 7 heteroatoms. The molecule has 2 amide bonds. The fraction of sp³-hybridized carbons (Fsp3) is 0.409. The van der Waals surface area contributed by atoms with Crippen molar-refractivity contribution in [1.82, 2.24) is 4.90 Å². The predicted octanol–water partition coefficient (Wildman–Crippen LogP) is 3.50. The Bertz CT molecular complexity index is 881. The van der Waals surface area contributed by atoms with Crippen LogP contribution >= 0.6 is 0 Å². The maximum Gasteiger partial charge on any atom is 0.338 e. The summed E-state index contributed by atoms with van der Waals surface area (Å²) in [5, 5.41) is 2.72. The number of nitrogens with one attached hydrogen (secondary N) is 1. The zero-order valence-corrected chi connectivity index (χ0v) is 16.9. The van der Waals surface area contributed by atoms with Crippen molar-refractivity contribution >= 4 is 23.5 Å². The number of rotatable bonds is 5. The summed E-state index contributed by atoms with van der Waals surface area (Å²) < 4.78 is 10.3. The lowest BCUT2D eigenvalue weighted by molar-refractivity contribution is -0.137. The summed E-state index contributed by atoms with van der Waals surface area (Å²) in [5.41, 5.74) is 1.53. The molecule has 2 heterocycles. The van der Waals surface area contributed by atoms with E-state index < -0.39 is 11.9 Å². The van der Waals surface area contributed by atoms with E-state index >= 15 is 0 Å². The van der Waals surface area contributed by atoms with Crippen LogP contribution in [0.25, 0.3) is 0 Å². The molecule has 7 nitrogen and oxygen atoms in total. The summed E-state index contributed by atoms with van der Waals surface area (Å²) in [6, 6.07) is 8.03. The van der Waals surface area contributed by atoms with Gasteiger partial charge < -0.3 is 19.4 Å². The Balaban J connectivity index is 1.60. The monoisotopic (exact) mass is 398 g/mol. The number of benzene rings is 1. The highest BCUT2D eigenvalue weighted by atomic mass is 16.5. The average molecular weight is 398 g/mol. The van der Waals surface area contributed by atoms with Crippen LogP contribution in [0.15, 0.2) is 41.0 Å². The van der Waals surface area contributed by atoms with Crippen molar-refractivity contribution in [3.63, 3.8) is 0 Å². The lowest BCUT2D eigenvalue weighted by atomic mass is 9.92. The maximum absolute atomic E-state index is 12.4. The number of carbonyl (C=O) groups excluding carboxylic acids is 3. The molecular formula is C22H26N2O5. The van der Waals surface area contributed by atoms with E-state index in [0.717, 1.165) is 12.0 Å². The summed E-state index contributed by atoms with van der Waals surface area (Å²) in [7, 11) is 0. The van der Waals surface area contributed by atoms with Gasteiger partial charge in [0.1, 0.15) is 0 Å². The highest BCUT2D eigenvalue weighted by Gasteiger charge is 2.26. The number of hydrogen-bond donors (Lipinski definition) is 1. The van der Waals surface area contributed by atoms with Gasteiger partial charge in [0, 0.05) is 18.8 Å². The molecule has 1 N–H and O–H groups in total. The lowest BCUT2D eigenvalue weighted by Crippen LogP contribution is -2.44. The fourth-order valence-electron chi connectivity index (χ4n) is 3.64. The van der Waals surface area contributed by atoms with E-state index in [1.807, 2.05) is 6.92 Å². The zero-order valence-electron chi connectivity index (χ0n) is 16.9. The van der Waals surface area contributed by atoms with Gasteiger partial charge in [-0.05, 0) is 55.0 Å². The van der Waals surface area contributed by atoms with Crippen LogP contribution in [0.2, 0.25) is 0 Å². The second kappa shape index (κ2) is 8.94. The van der Waals surface area contributed by atoms with Crippen molar-refractivity contribution in [3.05, 3.63) is 53.5 Å². The molecule has 2 atom stereocenters. The van der Waals surface area contributed by atoms with E-state index in [-0.39, 0.29) is 23.8 Å². The number of esters is 1. The van der Waals surface area contributed by atoms with Crippen LogP contribution in [-0.4, -0.2) is 42.4 Å². The minimum absolute atomic E-state index is 0.174. The van der Waals surface area contributed by atoms with Crippen LogP contribution in [0, 0.1) is 18.8 Å². The van der Waals surface area contributed by atoms with E-state index in [9.17, 15) is 14.4 Å². The number of hydrogen-bond acceptors (Lipinski definition) is 5. The third-order valence-corrected chi connectivity index (χ3v) is 5.01. The Morgan fingerprint density at radius 3 is 2.55 bits per heavy atom. The Morgan fingerprint density at radius 1 is 1.17 bits per heavy atom. The quantitative estimate of drug-likeness (QED) is 0.779. The molecule has 1 aromatic heterocycles. The van der Waals surface area contributed by atoms with E-state index in [4.69, 9.17) is 9.15 Å². The molecule has 1 aliphatic heterocycles. The number of likely N-dealkylation sites (tertiary alicyclic amines) is 1. The van der Waals surface area contributed by atoms with E-state index in [1.165, 1.54) is 12.3 Å². The minimum Gasteiger partial charge on any atom is -0.459 e. The first-order valence-corrected chi connectivity index (χ1v) is 9.74. The molecule has 154 valence electrons. The van der Waals surface area contributed by atoms with Crippen LogP contribution in [0.3, 0.4) is 0 Å². The number of ether oxygens (including phenoxy) is 1. The van der Waals surface area contributed by atoms with Crippen LogP contribution in [0.1, 0.15) is 46.7 Å². The van der Waals surface area contributed by atoms with Crippen molar-refractivity contribution < 1.29 is 23.5 Å². The molecule has 0 saturated carbocycles. The third kappa shape index (κ3) is 5.25. The second-order valence-corrected chi connectivity index (χ2v) is 7.78. The summed E-state index contributed by atoms with van der Waals surface area (Å²) in [6.45, 7) is 7.14. The first-order valence-electron chi connectivity index (χ1n) is 9.74. The Kier molecular flexibility index (Phi) is 6.36. The number of aryl methyl sites for hydroxylation is 1. The second-order valence-electron chi connectivity index (χ2n) is 7.78. The van der Waals surface area contributed by atoms with Gasteiger partial charge in [0.2, 0.25) is 0 Å². The molecule has 1 aromatic carbocycles. The summed E-state index contributed by atoms with van der Waals surface area (Å²) in [6.07, 6.45) is 2.51. The molecule has 2 aromatic rings. The summed E-state index contributed by atoms with van der Waals surface area (Å²) >= 11 is 0. The molecule has 0 aliphatic carbocycles. The lowest BCUT2D eigenvalue weighted by Gasteiger charge is -2.34. The van der Waals surface area contributed by atoms with Gasteiger partial charge in [-0.1, -0.05) is 19.9 Å². The molecule has 1 fully saturated rings. The van der Waals surface area contributed by atoms with Gasteiger partial charge in [-0.15, -0.1) is 0 Å². The van der Waals surface area contributed by atoms with E-state index in [1.54, 1.807) is 29.2 Å². The van der Waals surface area contributed by atoms with Gasteiger partial charge >= 0.3 is 5.97 Å². The summed E-state index contributed by atoms with van der Waals surface area (Å²) in [4.78, 5) is 38.8. The third-order valence-electron chi connectivity index (χ3n) is 5.01. The first kappa shape index (κ1) is 20.6. The molecule has 0 bridgehead atoms. The minimum atomic E-state index is -0.607. The number of piperidine rings is 1. The smallest absolute Gasteiger partial charge is 0.338 e. The van der Waals surface area contributed by atoms with Crippen molar-refractivity contribution in [2.75, 3.05) is 25.0 Å². The van der Waals surface area contributed by atoms with Crippen molar-refractivity contribution in [3.8, 4) is 0 Å². The maximum atomic E-state index is 12.4. The van der Waals surface area contributed by atoms with Crippen molar-refractivity contribution in [2.45, 2.75) is 27.2 Å². The molecule has 1 saturated heterocycles. The van der Waals surface area contributed by atoms with Crippen molar-refractivity contribution in [2.24, 2.45) is 11.8 Å². The normalized spacial score (nSPS) is 18.9. The molecule has 0 unspecified atom stereocenters.